The Morgan fingerprint density at radius 2 is 2.00 bits per heavy atom. The van der Waals surface area contributed by atoms with Crippen LogP contribution in [0.2, 0.25) is 0 Å². The van der Waals surface area contributed by atoms with Gasteiger partial charge < -0.3 is 20.3 Å². The first-order valence-electron chi connectivity index (χ1n) is 12.0. The highest BCUT2D eigenvalue weighted by Crippen LogP contribution is 2.34. The molecule has 2 atom stereocenters. The Bertz CT molecular complexity index is 1290. The van der Waals surface area contributed by atoms with Crippen LogP contribution in [0, 0.1) is 17.2 Å². The maximum absolute atomic E-state index is 15.0. The molecule has 2 aliphatic heterocycles. The molecule has 0 bridgehead atoms. The molecule has 3 fully saturated rings. The first-order chi connectivity index (χ1) is 17.7. The highest BCUT2D eigenvalue weighted by Gasteiger charge is 2.49. The van der Waals surface area contributed by atoms with E-state index in [1.807, 2.05) is 6.07 Å². The molecule has 5 rings (SSSR count). The van der Waals surface area contributed by atoms with Crippen LogP contribution in [-0.4, -0.2) is 63.7 Å². The number of nitrogens with zero attached hydrogens (tertiary/aromatic N) is 4. The molecule has 0 spiro atoms. The number of nitrogens with one attached hydrogen (secondary N) is 2. The van der Waals surface area contributed by atoms with Gasteiger partial charge in [0.1, 0.15) is 30.0 Å². The Kier molecular flexibility index (Phi) is 6.45. The minimum atomic E-state index is -3.36. The fourth-order valence-corrected chi connectivity index (χ4v) is 4.46. The van der Waals surface area contributed by atoms with Gasteiger partial charge in [-0.15, -0.1) is 0 Å². The van der Waals surface area contributed by atoms with Gasteiger partial charge in [0.05, 0.1) is 17.8 Å². The fraction of sp³-hybridized carbons (Fsp3) is 0.440. The highest BCUT2D eigenvalue weighted by atomic mass is 19.3. The van der Waals surface area contributed by atoms with Crippen LogP contribution in [-0.2, 0) is 14.4 Å². The second kappa shape index (κ2) is 9.72. The van der Waals surface area contributed by atoms with Crippen LogP contribution < -0.4 is 15.4 Å². The summed E-state index contributed by atoms with van der Waals surface area (Å²) in [6, 6.07) is 7.27. The van der Waals surface area contributed by atoms with Crippen molar-refractivity contribution < 1.29 is 27.9 Å². The SMILES string of the molecule is N#Cc1cc(-c2cc(NC(=O)C3CC3)ncn2)ccc1OC1CCN(C(=O)C2CCC(=O)N2)CC1(F)F. The van der Waals surface area contributed by atoms with Crippen molar-refractivity contribution in [3.05, 3.63) is 36.2 Å². The summed E-state index contributed by atoms with van der Waals surface area (Å²) >= 11 is 0. The molecule has 37 heavy (non-hydrogen) atoms. The average Bonchev–Trinajstić information content (AvgIpc) is 3.65. The van der Waals surface area contributed by atoms with Crippen molar-refractivity contribution in [2.45, 2.75) is 50.2 Å². The Hall–Kier alpha value is -4.14. The van der Waals surface area contributed by atoms with Crippen LogP contribution >= 0.6 is 0 Å². The summed E-state index contributed by atoms with van der Waals surface area (Å²) in [6.07, 6.45) is 1.82. The molecule has 3 aliphatic rings. The molecule has 3 amide bonds. The number of halogens is 2. The quantitative estimate of drug-likeness (QED) is 0.608. The van der Waals surface area contributed by atoms with Crippen LogP contribution in [0.15, 0.2) is 30.6 Å². The van der Waals surface area contributed by atoms with Gasteiger partial charge in [0.25, 0.3) is 0 Å². The lowest BCUT2D eigenvalue weighted by molar-refractivity contribution is -0.161. The molecule has 2 N–H and O–H groups in total. The van der Waals surface area contributed by atoms with Crippen LogP contribution in [0.5, 0.6) is 5.75 Å². The van der Waals surface area contributed by atoms with E-state index in [0.717, 1.165) is 17.7 Å². The van der Waals surface area contributed by atoms with Crippen LogP contribution in [0.3, 0.4) is 0 Å². The van der Waals surface area contributed by atoms with E-state index in [0.29, 0.717) is 17.1 Å². The third kappa shape index (κ3) is 5.35. The predicted octanol–water partition coefficient (Wildman–Crippen LogP) is 2.26. The number of hydrogen-bond acceptors (Lipinski definition) is 7. The van der Waals surface area contributed by atoms with E-state index < -0.39 is 30.5 Å². The van der Waals surface area contributed by atoms with Gasteiger partial charge in [-0.2, -0.15) is 5.26 Å². The lowest BCUT2D eigenvalue weighted by Crippen LogP contribution is -2.58. The minimum Gasteiger partial charge on any atom is -0.483 e. The van der Waals surface area contributed by atoms with Crippen molar-refractivity contribution in [3.8, 4) is 23.1 Å². The average molecular weight is 511 g/mol. The third-order valence-electron chi connectivity index (χ3n) is 6.67. The normalized spacial score (nSPS) is 22.6. The molecule has 0 radical (unpaired) electrons. The van der Waals surface area contributed by atoms with Crippen molar-refractivity contribution in [1.82, 2.24) is 20.2 Å². The molecule has 192 valence electrons. The number of alkyl halides is 2. The molecular weight excluding hydrogens is 486 g/mol. The van der Waals surface area contributed by atoms with E-state index >= 15 is 0 Å². The molecule has 1 aliphatic carbocycles. The monoisotopic (exact) mass is 510 g/mol. The topological polar surface area (TPSA) is 137 Å². The number of aromatic nitrogens is 2. The zero-order valence-corrected chi connectivity index (χ0v) is 19.7. The summed E-state index contributed by atoms with van der Waals surface area (Å²) in [5, 5.41) is 14.9. The number of rotatable bonds is 6. The molecule has 1 aromatic heterocycles. The molecule has 1 aromatic carbocycles. The van der Waals surface area contributed by atoms with E-state index in [9.17, 15) is 28.4 Å². The van der Waals surface area contributed by atoms with E-state index in [-0.39, 0.29) is 54.9 Å². The van der Waals surface area contributed by atoms with Gasteiger partial charge in [-0.05, 0) is 37.5 Å². The number of carbonyl (C=O) groups excluding carboxylic acids is 3. The largest absolute Gasteiger partial charge is 0.483 e. The Morgan fingerprint density at radius 3 is 2.68 bits per heavy atom. The van der Waals surface area contributed by atoms with Crippen LogP contribution in [0.4, 0.5) is 14.6 Å². The smallest absolute Gasteiger partial charge is 0.301 e. The number of hydrogen-bond donors (Lipinski definition) is 2. The summed E-state index contributed by atoms with van der Waals surface area (Å²) in [4.78, 5) is 45.2. The van der Waals surface area contributed by atoms with E-state index in [4.69, 9.17) is 4.74 Å². The van der Waals surface area contributed by atoms with Crippen molar-refractivity contribution in [3.63, 3.8) is 0 Å². The number of anilines is 1. The molecule has 1 saturated carbocycles. The zero-order chi connectivity index (χ0) is 26.2. The zero-order valence-electron chi connectivity index (χ0n) is 19.7. The van der Waals surface area contributed by atoms with Crippen molar-refractivity contribution in [1.29, 1.82) is 5.26 Å². The standard InChI is InChI=1S/C25H24F2N6O4/c26-25(27)12-33(24(36)17-4-6-22(34)31-17)8-7-20(25)37-19-5-3-15(9-16(19)11-28)18-10-21(30-13-29-18)32-23(35)14-1-2-14/h3,5,9-10,13-14,17,20H,1-2,4,6-8,12H2,(H,31,34)(H,29,30,32,35). The maximum Gasteiger partial charge on any atom is 0.301 e. The second-order valence-corrected chi connectivity index (χ2v) is 9.45. The predicted molar refractivity (Wildman–Crippen MR) is 125 cm³/mol. The Morgan fingerprint density at radius 1 is 1.19 bits per heavy atom. The fourth-order valence-electron chi connectivity index (χ4n) is 4.46. The van der Waals surface area contributed by atoms with Gasteiger partial charge in [0.15, 0.2) is 6.10 Å². The first kappa shape index (κ1) is 24.5. The number of ether oxygens (including phenoxy) is 1. The molecule has 2 unspecified atom stereocenters. The van der Waals surface area contributed by atoms with Gasteiger partial charge in [0, 0.05) is 36.9 Å². The Balaban J connectivity index is 1.27. The summed E-state index contributed by atoms with van der Waals surface area (Å²) in [6.45, 7) is -0.791. The van der Waals surface area contributed by atoms with Gasteiger partial charge >= 0.3 is 5.92 Å². The number of piperidine rings is 1. The second-order valence-electron chi connectivity index (χ2n) is 9.45. The Labute approximate surface area is 211 Å². The van der Waals surface area contributed by atoms with Gasteiger partial charge in [0.2, 0.25) is 17.7 Å². The summed E-state index contributed by atoms with van der Waals surface area (Å²) in [5.74, 6) is -3.92. The highest BCUT2D eigenvalue weighted by molar-refractivity contribution is 5.93. The van der Waals surface area contributed by atoms with Crippen LogP contribution in [0.25, 0.3) is 11.3 Å². The molecule has 12 heteroatoms. The molecule has 10 nitrogen and oxygen atoms in total. The van der Waals surface area contributed by atoms with Gasteiger partial charge in [-0.3, -0.25) is 14.4 Å². The van der Waals surface area contributed by atoms with E-state index in [1.165, 1.54) is 18.5 Å². The lowest BCUT2D eigenvalue weighted by atomic mass is 10.0. The number of nitriles is 1. The van der Waals surface area contributed by atoms with Crippen LogP contribution in [0.1, 0.15) is 37.7 Å². The number of amides is 3. The lowest BCUT2D eigenvalue weighted by Gasteiger charge is -2.39. The van der Waals surface area contributed by atoms with Gasteiger partial charge in [-0.1, -0.05) is 0 Å². The van der Waals surface area contributed by atoms with Gasteiger partial charge in [-0.25, -0.2) is 18.7 Å². The maximum atomic E-state index is 15.0. The molecular formula is C25H24F2N6O4. The number of likely N-dealkylation sites (tertiary alicyclic amines) is 1. The number of carbonyl (C=O) groups is 3. The summed E-state index contributed by atoms with van der Waals surface area (Å²) < 4.78 is 35.5. The molecule has 2 saturated heterocycles. The van der Waals surface area contributed by atoms with Crippen molar-refractivity contribution in [2.24, 2.45) is 5.92 Å². The van der Waals surface area contributed by atoms with Crippen molar-refractivity contribution in [2.75, 3.05) is 18.4 Å². The summed E-state index contributed by atoms with van der Waals surface area (Å²) in [7, 11) is 0. The third-order valence-corrected chi connectivity index (χ3v) is 6.67. The van der Waals surface area contributed by atoms with Crippen molar-refractivity contribution >= 4 is 23.5 Å². The minimum absolute atomic E-state index is 0.00456. The van der Waals surface area contributed by atoms with E-state index in [1.54, 1.807) is 12.1 Å². The molecule has 3 heterocycles. The summed E-state index contributed by atoms with van der Waals surface area (Å²) in [5.41, 5.74) is 1.02. The molecule has 2 aromatic rings. The first-order valence-corrected chi connectivity index (χ1v) is 12.0. The number of benzene rings is 1. The van der Waals surface area contributed by atoms with E-state index in [2.05, 4.69) is 20.6 Å².